The van der Waals surface area contributed by atoms with Crippen LogP contribution in [0.4, 0.5) is 0 Å². The number of nitrogens with zero attached hydrogens (tertiary/aromatic N) is 1. The smallest absolute Gasteiger partial charge is 0.222 e. The van der Waals surface area contributed by atoms with E-state index in [4.69, 9.17) is 0 Å². The molecule has 0 atom stereocenters. The van der Waals surface area contributed by atoms with Crippen molar-refractivity contribution in [3.05, 3.63) is 59.2 Å². The monoisotopic (exact) mass is 424 g/mol. The Morgan fingerprint density at radius 2 is 1.73 bits per heavy atom. The number of rotatable bonds is 7. The van der Waals surface area contributed by atoms with Crippen LogP contribution >= 0.6 is 12.4 Å². The molecule has 2 aliphatic carbocycles. The predicted molar refractivity (Wildman–Crippen MR) is 125 cm³/mol. The van der Waals surface area contributed by atoms with Crippen LogP contribution in [-0.4, -0.2) is 36.5 Å². The molecule has 1 saturated carbocycles. The molecule has 0 unspecified atom stereocenters. The van der Waals surface area contributed by atoms with Crippen LogP contribution in [0.5, 0.6) is 0 Å². The van der Waals surface area contributed by atoms with E-state index < -0.39 is 0 Å². The van der Waals surface area contributed by atoms with Crippen molar-refractivity contribution in [3.63, 3.8) is 0 Å². The maximum absolute atomic E-state index is 12.6. The van der Waals surface area contributed by atoms with Gasteiger partial charge in [0.25, 0.3) is 0 Å². The summed E-state index contributed by atoms with van der Waals surface area (Å²) in [6.07, 6.45) is 8.69. The number of hydrogen-bond donors (Lipinski definition) is 1. The molecule has 2 aromatic carbocycles. The maximum Gasteiger partial charge on any atom is 0.222 e. The van der Waals surface area contributed by atoms with Gasteiger partial charge in [0.1, 0.15) is 0 Å². The van der Waals surface area contributed by atoms with Crippen molar-refractivity contribution < 1.29 is 4.79 Å². The van der Waals surface area contributed by atoms with Crippen LogP contribution in [0.2, 0.25) is 0 Å². The second kappa shape index (κ2) is 9.53. The van der Waals surface area contributed by atoms with Gasteiger partial charge in [0, 0.05) is 25.6 Å². The lowest BCUT2D eigenvalue weighted by Crippen LogP contribution is -2.45. The summed E-state index contributed by atoms with van der Waals surface area (Å²) >= 11 is 0. The first-order valence-electron chi connectivity index (χ1n) is 11.5. The highest BCUT2D eigenvalue weighted by Gasteiger charge is 2.25. The van der Waals surface area contributed by atoms with Crippen molar-refractivity contribution in [2.24, 2.45) is 5.92 Å². The number of likely N-dealkylation sites (tertiary alicyclic amines) is 1. The number of benzene rings is 2. The molecule has 30 heavy (non-hydrogen) atoms. The summed E-state index contributed by atoms with van der Waals surface area (Å²) in [5.74, 6) is 1.28. The molecule has 4 heteroatoms. The Morgan fingerprint density at radius 1 is 0.967 bits per heavy atom. The van der Waals surface area contributed by atoms with E-state index in [0.29, 0.717) is 18.4 Å². The maximum atomic E-state index is 12.6. The summed E-state index contributed by atoms with van der Waals surface area (Å²) in [5, 5.41) is 3.70. The first kappa shape index (κ1) is 21.4. The van der Waals surface area contributed by atoms with Crippen molar-refractivity contribution in [1.82, 2.24) is 10.2 Å². The molecule has 160 valence electrons. The van der Waals surface area contributed by atoms with E-state index in [1.54, 1.807) is 0 Å². The molecule has 2 fully saturated rings. The number of piperidine rings is 1. The molecule has 1 saturated heterocycles. The van der Waals surface area contributed by atoms with Gasteiger partial charge in [0.2, 0.25) is 5.91 Å². The Labute approximate surface area is 186 Å². The molecule has 5 rings (SSSR count). The van der Waals surface area contributed by atoms with E-state index in [1.165, 1.54) is 47.2 Å². The Morgan fingerprint density at radius 3 is 2.53 bits per heavy atom. The Hall–Kier alpha value is -1.84. The molecule has 1 amide bonds. The van der Waals surface area contributed by atoms with E-state index in [2.05, 4.69) is 52.7 Å². The number of hydrogen-bond acceptors (Lipinski definition) is 2. The highest BCUT2D eigenvalue weighted by atomic mass is 35.5. The third kappa shape index (κ3) is 4.90. The first-order valence-corrected chi connectivity index (χ1v) is 11.5. The van der Waals surface area contributed by atoms with E-state index in [-0.39, 0.29) is 12.4 Å². The van der Waals surface area contributed by atoms with Crippen molar-refractivity contribution >= 4 is 18.3 Å². The lowest BCUT2D eigenvalue weighted by atomic mass is 9.99. The van der Waals surface area contributed by atoms with Gasteiger partial charge in [-0.1, -0.05) is 42.5 Å². The fourth-order valence-electron chi connectivity index (χ4n) is 4.92. The standard InChI is InChI=1S/C26H32N2O.ClH/c29-26(28-14-12-23(13-15-28)27-18-20-8-9-20)7-3-4-19-10-11-22-17-21-5-1-2-6-24(21)25(22)16-19;/h1-2,5-6,10-11,16,20,23,27H,3-4,7-9,12-15,17-18H2;1H. The van der Waals surface area contributed by atoms with Gasteiger partial charge in [0.15, 0.2) is 0 Å². The number of halogens is 1. The minimum absolute atomic E-state index is 0. The summed E-state index contributed by atoms with van der Waals surface area (Å²) in [5.41, 5.74) is 7.01. The minimum atomic E-state index is 0. The number of amides is 1. The van der Waals surface area contributed by atoms with Gasteiger partial charge in [-0.3, -0.25) is 4.79 Å². The van der Waals surface area contributed by atoms with Crippen molar-refractivity contribution in [3.8, 4) is 11.1 Å². The third-order valence-corrected chi connectivity index (χ3v) is 6.96. The zero-order valence-corrected chi connectivity index (χ0v) is 18.6. The molecular weight excluding hydrogens is 392 g/mol. The van der Waals surface area contributed by atoms with Gasteiger partial charge in [-0.15, -0.1) is 12.4 Å². The van der Waals surface area contributed by atoms with Crippen LogP contribution in [0.3, 0.4) is 0 Å². The number of aryl methyl sites for hydroxylation is 1. The molecule has 2 aromatic rings. The predicted octanol–water partition coefficient (Wildman–Crippen LogP) is 4.99. The van der Waals surface area contributed by atoms with Crippen molar-refractivity contribution in [1.29, 1.82) is 0 Å². The molecule has 3 aliphatic rings. The number of fused-ring (bicyclic) bond motifs is 3. The molecule has 1 aliphatic heterocycles. The van der Waals surface area contributed by atoms with Gasteiger partial charge in [-0.25, -0.2) is 0 Å². The molecule has 0 aromatic heterocycles. The highest BCUT2D eigenvalue weighted by molar-refractivity contribution is 5.85. The molecule has 0 spiro atoms. The lowest BCUT2D eigenvalue weighted by Gasteiger charge is -2.32. The zero-order chi connectivity index (χ0) is 19.6. The average molecular weight is 425 g/mol. The van der Waals surface area contributed by atoms with Crippen LogP contribution in [-0.2, 0) is 17.6 Å². The van der Waals surface area contributed by atoms with Crippen molar-refractivity contribution in [2.45, 2.75) is 57.4 Å². The van der Waals surface area contributed by atoms with E-state index in [1.807, 2.05) is 0 Å². The van der Waals surface area contributed by atoms with Crippen LogP contribution < -0.4 is 5.32 Å². The van der Waals surface area contributed by atoms with Crippen molar-refractivity contribution in [2.75, 3.05) is 19.6 Å². The third-order valence-electron chi connectivity index (χ3n) is 6.96. The lowest BCUT2D eigenvalue weighted by molar-refractivity contribution is -0.132. The summed E-state index contributed by atoms with van der Waals surface area (Å²) < 4.78 is 0. The molecule has 0 bridgehead atoms. The molecule has 1 heterocycles. The quantitative estimate of drug-likeness (QED) is 0.579. The van der Waals surface area contributed by atoms with Gasteiger partial charge in [-0.2, -0.15) is 0 Å². The van der Waals surface area contributed by atoms with Gasteiger partial charge >= 0.3 is 0 Å². The summed E-state index contributed by atoms with van der Waals surface area (Å²) in [7, 11) is 0. The summed E-state index contributed by atoms with van der Waals surface area (Å²) in [6, 6.07) is 16.2. The fourth-order valence-corrected chi connectivity index (χ4v) is 4.92. The molecule has 3 nitrogen and oxygen atoms in total. The van der Waals surface area contributed by atoms with E-state index >= 15 is 0 Å². The summed E-state index contributed by atoms with van der Waals surface area (Å²) in [4.78, 5) is 14.7. The van der Waals surface area contributed by atoms with Crippen LogP contribution in [0.15, 0.2) is 42.5 Å². The first-order chi connectivity index (χ1) is 14.3. The van der Waals surface area contributed by atoms with E-state index in [0.717, 1.165) is 51.1 Å². The molecule has 0 radical (unpaired) electrons. The Bertz CT molecular complexity index is 884. The Kier molecular flexibility index (Phi) is 6.80. The highest BCUT2D eigenvalue weighted by Crippen LogP contribution is 2.37. The zero-order valence-electron chi connectivity index (χ0n) is 17.7. The van der Waals surface area contributed by atoms with E-state index in [9.17, 15) is 4.79 Å². The number of carbonyl (C=O) groups is 1. The average Bonchev–Trinajstić information content (AvgIpc) is 3.52. The van der Waals surface area contributed by atoms with Gasteiger partial charge in [-0.05, 0) is 85.2 Å². The Balaban J connectivity index is 0.00000218. The van der Waals surface area contributed by atoms with Gasteiger partial charge < -0.3 is 10.2 Å². The number of carbonyl (C=O) groups excluding carboxylic acids is 1. The topological polar surface area (TPSA) is 32.3 Å². The SMILES string of the molecule is Cl.O=C(CCCc1ccc2c(c1)-c1ccccc1C2)N1CCC(NCC2CC2)CC1. The summed E-state index contributed by atoms with van der Waals surface area (Å²) in [6.45, 7) is 3.04. The van der Waals surface area contributed by atoms with Gasteiger partial charge in [0.05, 0.1) is 0 Å². The molecule has 1 N–H and O–H groups in total. The number of nitrogens with one attached hydrogen (secondary N) is 1. The normalized spacial score (nSPS) is 17.9. The van der Waals surface area contributed by atoms with Crippen LogP contribution in [0.1, 0.15) is 55.2 Å². The van der Waals surface area contributed by atoms with Crippen LogP contribution in [0.25, 0.3) is 11.1 Å². The largest absolute Gasteiger partial charge is 0.343 e. The fraction of sp³-hybridized carbons (Fsp3) is 0.500. The molecular formula is C26H33ClN2O. The minimum Gasteiger partial charge on any atom is -0.343 e. The second-order valence-corrected chi connectivity index (χ2v) is 9.19. The van der Waals surface area contributed by atoms with Crippen LogP contribution in [0, 0.1) is 5.92 Å². The second-order valence-electron chi connectivity index (χ2n) is 9.19.